The fraction of sp³-hybridized carbons (Fsp3) is 0.379. The fourth-order valence-corrected chi connectivity index (χ4v) is 5.82. The van der Waals surface area contributed by atoms with Gasteiger partial charge in [0.05, 0.1) is 17.0 Å². The highest BCUT2D eigenvalue weighted by molar-refractivity contribution is 5.98. The number of hydrogen-bond donors (Lipinski definition) is 2. The molecule has 4 aromatic rings. The third-order valence-corrected chi connectivity index (χ3v) is 8.03. The third kappa shape index (κ3) is 5.17. The number of ether oxygens (including phenoxy) is 1. The second-order valence-corrected chi connectivity index (χ2v) is 10.5. The number of nitrogens with zero attached hydrogens (tertiary/aromatic N) is 6. The van der Waals surface area contributed by atoms with E-state index in [4.69, 9.17) is 15.6 Å². The molecule has 1 aliphatic carbocycles. The van der Waals surface area contributed by atoms with E-state index in [0.29, 0.717) is 23.4 Å². The molecule has 0 bridgehead atoms. The Hall–Kier alpha value is -4.02. The van der Waals surface area contributed by atoms with E-state index in [1.807, 2.05) is 24.3 Å². The Bertz CT molecular complexity index is 1470. The first-order valence-electron chi connectivity index (χ1n) is 13.5. The Morgan fingerprint density at radius 3 is 2.38 bits per heavy atom. The largest absolute Gasteiger partial charge is 0.478 e. The Balaban J connectivity index is 1.22. The summed E-state index contributed by atoms with van der Waals surface area (Å²) in [6, 6.07) is 14.9. The van der Waals surface area contributed by atoms with Crippen molar-refractivity contribution in [1.29, 1.82) is 0 Å². The quantitative estimate of drug-likeness (QED) is 0.378. The number of anilines is 1. The molecule has 2 aliphatic rings. The summed E-state index contributed by atoms with van der Waals surface area (Å²) in [7, 11) is 2.20. The standard InChI is InChI=1S/C29H33N7O3/c1-34-13-15-35(16-14-34)21-7-9-22(10-8-21)36-28-25(27(30)31-18-32-28)26(33-36)19-5-11-23(12-6-19)39-24-4-2-3-20(17-24)29(37)38/h2-6,11-12,17-18,21-22H,7-10,13-16H2,1H3,(H,37,38)(H2,30,31,32)/t21-,22+. The van der Waals surface area contributed by atoms with Gasteiger partial charge in [-0.3, -0.25) is 4.90 Å². The molecule has 202 valence electrons. The Morgan fingerprint density at radius 2 is 1.67 bits per heavy atom. The fourth-order valence-electron chi connectivity index (χ4n) is 5.82. The van der Waals surface area contributed by atoms with Crippen LogP contribution in [-0.2, 0) is 0 Å². The minimum Gasteiger partial charge on any atom is -0.478 e. The zero-order valence-corrected chi connectivity index (χ0v) is 22.0. The van der Waals surface area contributed by atoms with Crippen molar-refractivity contribution in [3.63, 3.8) is 0 Å². The number of carbonyl (C=O) groups is 1. The number of nitrogens with two attached hydrogens (primary N) is 1. The highest BCUT2D eigenvalue weighted by Crippen LogP contribution is 2.37. The highest BCUT2D eigenvalue weighted by atomic mass is 16.5. The smallest absolute Gasteiger partial charge is 0.335 e. The van der Waals surface area contributed by atoms with E-state index in [2.05, 4.69) is 31.5 Å². The molecule has 0 unspecified atom stereocenters. The van der Waals surface area contributed by atoms with Crippen molar-refractivity contribution in [1.82, 2.24) is 29.5 Å². The summed E-state index contributed by atoms with van der Waals surface area (Å²) >= 11 is 0. The first kappa shape index (κ1) is 25.3. The lowest BCUT2D eigenvalue weighted by Crippen LogP contribution is -2.49. The maximum Gasteiger partial charge on any atom is 0.335 e. The zero-order valence-electron chi connectivity index (χ0n) is 22.0. The Kier molecular flexibility index (Phi) is 6.88. The van der Waals surface area contributed by atoms with Crippen molar-refractivity contribution in [2.45, 2.75) is 37.8 Å². The lowest BCUT2D eigenvalue weighted by Gasteiger charge is -2.41. The SMILES string of the molecule is CN1CCN([C@H]2CC[C@@H](n3nc(-c4ccc(Oc5cccc(C(=O)O)c5)cc4)c4c(N)ncnc43)CC2)CC1. The Labute approximate surface area is 227 Å². The average molecular weight is 528 g/mol. The van der Waals surface area contributed by atoms with Gasteiger partial charge >= 0.3 is 5.97 Å². The molecule has 3 N–H and O–H groups in total. The number of hydrogen-bond acceptors (Lipinski definition) is 8. The van der Waals surface area contributed by atoms with Gasteiger partial charge < -0.3 is 20.5 Å². The second-order valence-electron chi connectivity index (χ2n) is 10.5. The van der Waals surface area contributed by atoms with Gasteiger partial charge in [0, 0.05) is 37.8 Å². The van der Waals surface area contributed by atoms with Gasteiger partial charge in [0.25, 0.3) is 0 Å². The van der Waals surface area contributed by atoms with Gasteiger partial charge in [0.15, 0.2) is 5.65 Å². The normalized spacial score (nSPS) is 20.7. The second kappa shape index (κ2) is 10.6. The molecule has 10 heteroatoms. The molecule has 0 amide bonds. The van der Waals surface area contributed by atoms with Crippen LogP contribution in [0.25, 0.3) is 22.3 Å². The van der Waals surface area contributed by atoms with Crippen LogP contribution in [0.2, 0.25) is 0 Å². The van der Waals surface area contributed by atoms with Gasteiger partial charge in [0.2, 0.25) is 0 Å². The number of aromatic carboxylic acids is 1. The summed E-state index contributed by atoms with van der Waals surface area (Å²) in [6.07, 6.45) is 5.93. The number of piperazine rings is 1. The molecular weight excluding hydrogens is 494 g/mol. The van der Waals surface area contributed by atoms with Crippen molar-refractivity contribution < 1.29 is 14.6 Å². The van der Waals surface area contributed by atoms with Crippen molar-refractivity contribution in [2.75, 3.05) is 39.0 Å². The number of likely N-dealkylation sites (N-methyl/N-ethyl adjacent to an activating group) is 1. The van der Waals surface area contributed by atoms with Crippen LogP contribution in [0.3, 0.4) is 0 Å². The lowest BCUT2D eigenvalue weighted by molar-refractivity contribution is 0.0696. The number of nitrogen functional groups attached to an aromatic ring is 1. The van der Waals surface area contributed by atoms with Gasteiger partial charge in [-0.1, -0.05) is 6.07 Å². The van der Waals surface area contributed by atoms with Crippen LogP contribution < -0.4 is 10.5 Å². The molecule has 2 aromatic heterocycles. The summed E-state index contributed by atoms with van der Waals surface area (Å²) in [5.74, 6) is 0.475. The Morgan fingerprint density at radius 1 is 0.949 bits per heavy atom. The number of fused-ring (bicyclic) bond motifs is 1. The number of carboxylic acid groups (broad SMARTS) is 1. The van der Waals surface area contributed by atoms with Crippen molar-refractivity contribution in [2.24, 2.45) is 0 Å². The van der Waals surface area contributed by atoms with E-state index < -0.39 is 5.97 Å². The van der Waals surface area contributed by atoms with Gasteiger partial charge in [-0.15, -0.1) is 0 Å². The third-order valence-electron chi connectivity index (χ3n) is 8.03. The molecule has 1 saturated heterocycles. The number of aromatic nitrogens is 4. The van der Waals surface area contributed by atoms with E-state index >= 15 is 0 Å². The molecule has 0 spiro atoms. The van der Waals surface area contributed by atoms with Crippen LogP contribution in [0, 0.1) is 0 Å². The molecule has 2 aromatic carbocycles. The van der Waals surface area contributed by atoms with Gasteiger partial charge in [-0.2, -0.15) is 5.10 Å². The first-order chi connectivity index (χ1) is 19.0. The van der Waals surface area contributed by atoms with Crippen LogP contribution in [0.4, 0.5) is 5.82 Å². The maximum absolute atomic E-state index is 11.3. The molecule has 39 heavy (non-hydrogen) atoms. The minimum atomic E-state index is -0.995. The molecule has 6 rings (SSSR count). The monoisotopic (exact) mass is 527 g/mol. The molecule has 10 nitrogen and oxygen atoms in total. The number of rotatable bonds is 6. The summed E-state index contributed by atoms with van der Waals surface area (Å²) in [4.78, 5) is 25.2. The predicted molar refractivity (Wildman–Crippen MR) is 149 cm³/mol. The van der Waals surface area contributed by atoms with Crippen molar-refractivity contribution in [3.8, 4) is 22.8 Å². The van der Waals surface area contributed by atoms with Crippen LogP contribution in [0.5, 0.6) is 11.5 Å². The summed E-state index contributed by atoms with van der Waals surface area (Å²) in [5, 5.41) is 15.0. The molecule has 1 aliphatic heterocycles. The number of carboxylic acids is 1. The van der Waals surface area contributed by atoms with Crippen molar-refractivity contribution in [3.05, 3.63) is 60.4 Å². The molecule has 0 atom stereocenters. The summed E-state index contributed by atoms with van der Waals surface area (Å²) < 4.78 is 7.95. The molecule has 3 heterocycles. The summed E-state index contributed by atoms with van der Waals surface area (Å²) in [5.41, 5.74) is 8.94. The molecule has 0 radical (unpaired) electrons. The van der Waals surface area contributed by atoms with E-state index in [1.54, 1.807) is 12.1 Å². The van der Waals surface area contributed by atoms with Crippen LogP contribution in [-0.4, -0.2) is 79.9 Å². The topological polar surface area (TPSA) is 123 Å². The van der Waals surface area contributed by atoms with Gasteiger partial charge in [-0.05, 0) is 75.2 Å². The van der Waals surface area contributed by atoms with Gasteiger partial charge in [0.1, 0.15) is 29.3 Å². The summed E-state index contributed by atoms with van der Waals surface area (Å²) in [6.45, 7) is 4.58. The van der Waals surface area contributed by atoms with E-state index in [9.17, 15) is 9.90 Å². The van der Waals surface area contributed by atoms with Gasteiger partial charge in [-0.25, -0.2) is 19.4 Å². The van der Waals surface area contributed by atoms with E-state index in [1.165, 1.54) is 18.5 Å². The first-order valence-corrected chi connectivity index (χ1v) is 13.5. The maximum atomic E-state index is 11.3. The molecular formula is C29H33N7O3. The highest BCUT2D eigenvalue weighted by Gasteiger charge is 2.30. The predicted octanol–water partition coefficient (Wildman–Crippen LogP) is 4.30. The zero-order chi connectivity index (χ0) is 26.9. The molecule has 2 fully saturated rings. The van der Waals surface area contributed by atoms with E-state index in [0.717, 1.165) is 74.2 Å². The minimum absolute atomic E-state index is 0.175. The number of benzene rings is 2. The molecule has 1 saturated carbocycles. The van der Waals surface area contributed by atoms with Crippen LogP contribution >= 0.6 is 0 Å². The van der Waals surface area contributed by atoms with Crippen LogP contribution in [0.1, 0.15) is 42.1 Å². The van der Waals surface area contributed by atoms with Crippen LogP contribution in [0.15, 0.2) is 54.9 Å². The average Bonchev–Trinajstić information content (AvgIpc) is 3.35. The van der Waals surface area contributed by atoms with E-state index in [-0.39, 0.29) is 11.6 Å². The van der Waals surface area contributed by atoms with Crippen molar-refractivity contribution >= 4 is 22.8 Å². The lowest BCUT2D eigenvalue weighted by atomic mass is 9.90.